The zero-order valence-electron chi connectivity index (χ0n) is 22.0. The van der Waals surface area contributed by atoms with E-state index >= 15 is 0 Å². The van der Waals surface area contributed by atoms with Gasteiger partial charge in [-0.05, 0) is 68.0 Å². The van der Waals surface area contributed by atoms with Crippen LogP contribution >= 0.6 is 11.3 Å². The summed E-state index contributed by atoms with van der Waals surface area (Å²) in [7, 11) is 3.20. The van der Waals surface area contributed by atoms with Gasteiger partial charge >= 0.3 is 0 Å². The van der Waals surface area contributed by atoms with Crippen molar-refractivity contribution in [3.8, 4) is 11.5 Å². The maximum absolute atomic E-state index is 13.6. The molecule has 0 spiro atoms. The minimum Gasteiger partial charge on any atom is -0.493 e. The zero-order valence-corrected chi connectivity index (χ0v) is 22.8. The van der Waals surface area contributed by atoms with E-state index in [0.717, 1.165) is 11.3 Å². The van der Waals surface area contributed by atoms with E-state index in [9.17, 15) is 9.59 Å². The fourth-order valence-corrected chi connectivity index (χ4v) is 4.61. The molecule has 8 nitrogen and oxygen atoms in total. The highest BCUT2D eigenvalue weighted by molar-refractivity contribution is 7.12. The highest BCUT2D eigenvalue weighted by Gasteiger charge is 2.24. The van der Waals surface area contributed by atoms with Crippen LogP contribution in [-0.4, -0.2) is 68.7 Å². The molecule has 0 aliphatic carbocycles. The van der Waals surface area contributed by atoms with E-state index in [1.807, 2.05) is 55.6 Å². The van der Waals surface area contributed by atoms with E-state index in [1.165, 1.54) is 11.3 Å². The molecular formula is C28H36N2O6S. The van der Waals surface area contributed by atoms with E-state index in [1.54, 1.807) is 30.1 Å². The quantitative estimate of drug-likeness (QED) is 0.264. The number of aryl methyl sites for hydroxylation is 1. The Hall–Kier alpha value is -3.30. The molecule has 0 saturated carbocycles. The summed E-state index contributed by atoms with van der Waals surface area (Å²) >= 11 is 1.37. The predicted octanol–water partition coefficient (Wildman–Crippen LogP) is 4.81. The normalized spacial score (nSPS) is 10.8. The molecule has 0 bridgehead atoms. The van der Waals surface area contributed by atoms with Crippen LogP contribution in [0.5, 0.6) is 11.5 Å². The van der Waals surface area contributed by atoms with Crippen molar-refractivity contribution in [3.05, 3.63) is 69.8 Å². The van der Waals surface area contributed by atoms with Crippen LogP contribution in [0.3, 0.4) is 0 Å². The molecule has 0 atom stereocenters. The Bertz CT molecular complexity index is 1130. The number of benzene rings is 1. The monoisotopic (exact) mass is 528 g/mol. The summed E-state index contributed by atoms with van der Waals surface area (Å²) in [6, 6.07) is 13.1. The third-order valence-corrected chi connectivity index (χ3v) is 6.74. The van der Waals surface area contributed by atoms with Gasteiger partial charge < -0.3 is 28.4 Å². The molecule has 0 saturated heterocycles. The number of furan rings is 1. The Balaban J connectivity index is 1.75. The summed E-state index contributed by atoms with van der Waals surface area (Å²) in [5.74, 6) is 2.49. The van der Waals surface area contributed by atoms with Crippen LogP contribution < -0.4 is 9.47 Å². The molecule has 2 amide bonds. The average Bonchev–Trinajstić information content (AvgIpc) is 3.59. The molecule has 3 rings (SSSR count). The van der Waals surface area contributed by atoms with Gasteiger partial charge in [-0.25, -0.2) is 0 Å². The van der Waals surface area contributed by atoms with Crippen molar-refractivity contribution in [2.24, 2.45) is 0 Å². The van der Waals surface area contributed by atoms with Gasteiger partial charge in [-0.15, -0.1) is 11.3 Å². The molecule has 37 heavy (non-hydrogen) atoms. The number of ether oxygens (including phenoxy) is 3. The molecule has 1 aromatic carbocycles. The van der Waals surface area contributed by atoms with E-state index in [-0.39, 0.29) is 18.4 Å². The Morgan fingerprint density at radius 2 is 1.81 bits per heavy atom. The first-order valence-corrected chi connectivity index (χ1v) is 13.3. The summed E-state index contributed by atoms with van der Waals surface area (Å²) in [4.78, 5) is 30.7. The smallest absolute Gasteiger partial charge is 0.264 e. The summed E-state index contributed by atoms with van der Waals surface area (Å²) < 4.78 is 22.0. The molecule has 2 heterocycles. The third kappa shape index (κ3) is 8.36. The maximum Gasteiger partial charge on any atom is 0.264 e. The molecule has 0 aliphatic rings. The molecule has 0 N–H and O–H groups in total. The average molecular weight is 529 g/mol. The van der Waals surface area contributed by atoms with Crippen molar-refractivity contribution in [2.45, 2.75) is 33.2 Å². The molecule has 9 heteroatoms. The summed E-state index contributed by atoms with van der Waals surface area (Å²) in [6.45, 7) is 6.15. The van der Waals surface area contributed by atoms with E-state index in [0.29, 0.717) is 67.8 Å². The second-order valence-electron chi connectivity index (χ2n) is 8.52. The molecule has 0 fully saturated rings. The number of thiophene rings is 1. The van der Waals surface area contributed by atoms with Crippen LogP contribution in [0.15, 0.2) is 52.3 Å². The number of carbonyl (C=O) groups excluding carboxylic acids is 2. The van der Waals surface area contributed by atoms with Gasteiger partial charge in [0.1, 0.15) is 18.1 Å². The standard InChI is InChI=1S/C28H36N2O6S/c1-5-35-16-7-14-30(28(32)26-8-6-17-37-26)20-27(31)29(19-23-11-9-21(2)36-23)15-13-22-10-12-24(33-3)25(18-22)34-4/h6,8-12,17-18H,5,7,13-16,19-20H2,1-4H3. The summed E-state index contributed by atoms with van der Waals surface area (Å²) in [5, 5.41) is 1.86. The van der Waals surface area contributed by atoms with Gasteiger partial charge in [0.15, 0.2) is 11.5 Å². The van der Waals surface area contributed by atoms with Crippen LogP contribution in [0, 0.1) is 6.92 Å². The van der Waals surface area contributed by atoms with Crippen molar-refractivity contribution in [3.63, 3.8) is 0 Å². The van der Waals surface area contributed by atoms with Gasteiger partial charge in [0, 0.05) is 26.3 Å². The van der Waals surface area contributed by atoms with Gasteiger partial charge in [0.25, 0.3) is 5.91 Å². The fourth-order valence-electron chi connectivity index (χ4n) is 3.92. The lowest BCUT2D eigenvalue weighted by molar-refractivity contribution is -0.132. The molecular weight excluding hydrogens is 492 g/mol. The number of nitrogens with zero attached hydrogens (tertiary/aromatic N) is 2. The Morgan fingerprint density at radius 1 is 1.00 bits per heavy atom. The fraction of sp³-hybridized carbons (Fsp3) is 0.429. The second-order valence-corrected chi connectivity index (χ2v) is 9.47. The number of hydrogen-bond acceptors (Lipinski definition) is 7. The van der Waals surface area contributed by atoms with Crippen LogP contribution in [0.1, 0.15) is 40.1 Å². The lowest BCUT2D eigenvalue weighted by atomic mass is 10.1. The third-order valence-electron chi connectivity index (χ3n) is 5.88. The van der Waals surface area contributed by atoms with Crippen molar-refractivity contribution in [2.75, 3.05) is 47.1 Å². The van der Waals surface area contributed by atoms with Gasteiger partial charge in [0.2, 0.25) is 5.91 Å². The van der Waals surface area contributed by atoms with Crippen molar-refractivity contribution in [1.82, 2.24) is 9.80 Å². The van der Waals surface area contributed by atoms with Gasteiger partial charge in [-0.3, -0.25) is 9.59 Å². The van der Waals surface area contributed by atoms with E-state index in [2.05, 4.69) is 0 Å². The zero-order chi connectivity index (χ0) is 26.6. The number of amides is 2. The first-order valence-electron chi connectivity index (χ1n) is 12.4. The van der Waals surface area contributed by atoms with Gasteiger partial charge in [-0.1, -0.05) is 12.1 Å². The molecule has 0 unspecified atom stereocenters. The largest absolute Gasteiger partial charge is 0.493 e. The molecule has 0 radical (unpaired) electrons. The number of methoxy groups -OCH3 is 2. The van der Waals surface area contributed by atoms with Crippen molar-refractivity contribution in [1.29, 1.82) is 0 Å². The molecule has 3 aromatic rings. The first kappa shape index (κ1) is 28.3. The molecule has 2 aromatic heterocycles. The molecule has 200 valence electrons. The minimum absolute atomic E-state index is 0.0194. The Labute approximate surface area is 222 Å². The van der Waals surface area contributed by atoms with Crippen LogP contribution in [0.4, 0.5) is 0 Å². The van der Waals surface area contributed by atoms with E-state index in [4.69, 9.17) is 18.6 Å². The SMILES string of the molecule is CCOCCCN(CC(=O)N(CCc1ccc(OC)c(OC)c1)Cc1ccc(C)o1)C(=O)c1cccs1. The maximum atomic E-state index is 13.6. The minimum atomic E-state index is -0.145. The predicted molar refractivity (Wildman–Crippen MR) is 143 cm³/mol. The topological polar surface area (TPSA) is 81.5 Å². The highest BCUT2D eigenvalue weighted by Crippen LogP contribution is 2.28. The van der Waals surface area contributed by atoms with Gasteiger partial charge in [-0.2, -0.15) is 0 Å². The first-order chi connectivity index (χ1) is 17.9. The Morgan fingerprint density at radius 3 is 2.46 bits per heavy atom. The van der Waals surface area contributed by atoms with Crippen molar-refractivity contribution >= 4 is 23.2 Å². The lowest BCUT2D eigenvalue weighted by Gasteiger charge is -2.27. The molecule has 0 aliphatic heterocycles. The highest BCUT2D eigenvalue weighted by atomic mass is 32.1. The summed E-state index contributed by atoms with van der Waals surface area (Å²) in [6.07, 6.45) is 1.26. The van der Waals surface area contributed by atoms with Crippen LogP contribution in [0.25, 0.3) is 0 Å². The number of carbonyl (C=O) groups is 2. The van der Waals surface area contributed by atoms with Gasteiger partial charge in [0.05, 0.1) is 25.6 Å². The number of rotatable bonds is 15. The van der Waals surface area contributed by atoms with E-state index < -0.39 is 0 Å². The van der Waals surface area contributed by atoms with Crippen LogP contribution in [-0.2, 0) is 22.5 Å². The number of hydrogen-bond donors (Lipinski definition) is 0. The van der Waals surface area contributed by atoms with Crippen molar-refractivity contribution < 1.29 is 28.2 Å². The summed E-state index contributed by atoms with van der Waals surface area (Å²) in [5.41, 5.74) is 1.01. The second kappa shape index (κ2) is 14.4. The van der Waals surface area contributed by atoms with Crippen LogP contribution in [0.2, 0.25) is 0 Å². The lowest BCUT2D eigenvalue weighted by Crippen LogP contribution is -2.43. The Kier molecular flexibility index (Phi) is 11.0.